The lowest BCUT2D eigenvalue weighted by Gasteiger charge is -2.08. The molecule has 0 spiro atoms. The molecule has 1 aliphatic heterocycles. The highest BCUT2D eigenvalue weighted by Gasteiger charge is 2.21. The largest absolute Gasteiger partial charge is 0.490 e. The van der Waals surface area contributed by atoms with Gasteiger partial charge < -0.3 is 14.6 Å². The number of benzene rings is 2. The molecule has 1 atom stereocenters. The molecule has 0 aromatic heterocycles. The third-order valence-electron chi connectivity index (χ3n) is 3.27. The molecule has 1 aliphatic rings. The topological polar surface area (TPSA) is 38.7 Å². The van der Waals surface area contributed by atoms with Gasteiger partial charge in [-0.15, -0.1) is 0 Å². The van der Waals surface area contributed by atoms with Gasteiger partial charge in [0.2, 0.25) is 0 Å². The van der Waals surface area contributed by atoms with E-state index in [1.165, 1.54) is 5.56 Å². The van der Waals surface area contributed by atoms with Crippen molar-refractivity contribution in [2.75, 3.05) is 6.61 Å². The molecule has 2 aromatic rings. The highest BCUT2D eigenvalue weighted by molar-refractivity contribution is 5.44. The number of aliphatic hydroxyl groups is 1. The average Bonchev–Trinajstić information content (AvgIpc) is 2.79. The van der Waals surface area contributed by atoms with Crippen LogP contribution in [0.1, 0.15) is 22.8 Å². The molecule has 0 saturated heterocycles. The van der Waals surface area contributed by atoms with Gasteiger partial charge in [-0.1, -0.05) is 29.8 Å². The minimum absolute atomic E-state index is 0.330. The maximum absolute atomic E-state index is 9.64. The SMILES string of the molecule is Cc1ccc(COc2ccc3c(c2)OCC3O)cc1. The monoisotopic (exact) mass is 256 g/mol. The Kier molecular flexibility index (Phi) is 3.13. The van der Waals surface area contributed by atoms with Gasteiger partial charge in [-0.3, -0.25) is 0 Å². The molecule has 1 heterocycles. The van der Waals surface area contributed by atoms with Crippen molar-refractivity contribution >= 4 is 0 Å². The molecule has 3 heteroatoms. The Morgan fingerprint density at radius 3 is 2.79 bits per heavy atom. The summed E-state index contributed by atoms with van der Waals surface area (Å²) in [5.74, 6) is 1.47. The summed E-state index contributed by atoms with van der Waals surface area (Å²) < 4.78 is 11.1. The van der Waals surface area contributed by atoms with Gasteiger partial charge in [0.25, 0.3) is 0 Å². The van der Waals surface area contributed by atoms with Crippen LogP contribution >= 0.6 is 0 Å². The Balaban J connectivity index is 1.69. The van der Waals surface area contributed by atoms with Gasteiger partial charge in [0, 0.05) is 11.6 Å². The molecule has 0 amide bonds. The Bertz CT molecular complexity index is 575. The lowest BCUT2D eigenvalue weighted by Crippen LogP contribution is -1.97. The van der Waals surface area contributed by atoms with E-state index in [1.807, 2.05) is 18.2 Å². The fourth-order valence-electron chi connectivity index (χ4n) is 2.11. The van der Waals surface area contributed by atoms with Crippen LogP contribution in [0.4, 0.5) is 0 Å². The van der Waals surface area contributed by atoms with Crippen molar-refractivity contribution in [1.29, 1.82) is 0 Å². The number of hydrogen-bond acceptors (Lipinski definition) is 3. The van der Waals surface area contributed by atoms with Crippen LogP contribution in [-0.4, -0.2) is 11.7 Å². The van der Waals surface area contributed by atoms with Crippen LogP contribution < -0.4 is 9.47 Å². The summed E-state index contributed by atoms with van der Waals surface area (Å²) in [5, 5.41) is 9.64. The van der Waals surface area contributed by atoms with Crippen LogP contribution in [0, 0.1) is 6.92 Å². The highest BCUT2D eigenvalue weighted by atomic mass is 16.5. The molecule has 0 fully saturated rings. The van der Waals surface area contributed by atoms with Gasteiger partial charge in [0.15, 0.2) is 0 Å². The first-order chi connectivity index (χ1) is 9.22. The van der Waals surface area contributed by atoms with E-state index in [0.717, 1.165) is 16.9 Å². The summed E-state index contributed by atoms with van der Waals surface area (Å²) in [5.41, 5.74) is 3.21. The lowest BCUT2D eigenvalue weighted by molar-refractivity contribution is 0.140. The van der Waals surface area contributed by atoms with Crippen molar-refractivity contribution in [2.45, 2.75) is 19.6 Å². The van der Waals surface area contributed by atoms with Crippen LogP contribution in [0.5, 0.6) is 11.5 Å². The van der Waals surface area contributed by atoms with Crippen molar-refractivity contribution < 1.29 is 14.6 Å². The fraction of sp³-hybridized carbons (Fsp3) is 0.250. The molecule has 98 valence electrons. The van der Waals surface area contributed by atoms with Crippen molar-refractivity contribution in [3.05, 3.63) is 59.2 Å². The summed E-state index contributed by atoms with van der Waals surface area (Å²) in [6, 6.07) is 13.8. The Morgan fingerprint density at radius 2 is 2.00 bits per heavy atom. The summed E-state index contributed by atoms with van der Waals surface area (Å²) in [4.78, 5) is 0. The van der Waals surface area contributed by atoms with Crippen molar-refractivity contribution in [1.82, 2.24) is 0 Å². The molecule has 1 N–H and O–H groups in total. The third-order valence-corrected chi connectivity index (χ3v) is 3.27. The Morgan fingerprint density at radius 1 is 1.21 bits per heavy atom. The molecule has 2 aromatic carbocycles. The summed E-state index contributed by atoms with van der Waals surface area (Å²) in [7, 11) is 0. The van der Waals surface area contributed by atoms with E-state index in [4.69, 9.17) is 9.47 Å². The molecule has 19 heavy (non-hydrogen) atoms. The molecule has 1 unspecified atom stereocenters. The van der Waals surface area contributed by atoms with Gasteiger partial charge in [-0.2, -0.15) is 0 Å². The van der Waals surface area contributed by atoms with E-state index in [1.54, 1.807) is 0 Å². The molecule has 3 rings (SSSR count). The molecular weight excluding hydrogens is 240 g/mol. The van der Waals surface area contributed by atoms with E-state index >= 15 is 0 Å². The van der Waals surface area contributed by atoms with Crippen LogP contribution in [0.2, 0.25) is 0 Å². The zero-order valence-electron chi connectivity index (χ0n) is 10.8. The predicted molar refractivity (Wildman–Crippen MR) is 72.4 cm³/mol. The Labute approximate surface area is 112 Å². The zero-order chi connectivity index (χ0) is 13.2. The first-order valence-electron chi connectivity index (χ1n) is 6.35. The maximum atomic E-state index is 9.64. The van der Waals surface area contributed by atoms with Crippen molar-refractivity contribution in [2.24, 2.45) is 0 Å². The van der Waals surface area contributed by atoms with Crippen molar-refractivity contribution in [3.8, 4) is 11.5 Å². The molecule has 0 radical (unpaired) electrons. The third kappa shape index (κ3) is 2.56. The second-order valence-electron chi connectivity index (χ2n) is 4.80. The molecular formula is C16H16O3. The van der Waals surface area contributed by atoms with E-state index < -0.39 is 6.10 Å². The summed E-state index contributed by atoms with van der Waals surface area (Å²) >= 11 is 0. The number of rotatable bonds is 3. The minimum Gasteiger partial charge on any atom is -0.490 e. The van der Waals surface area contributed by atoms with E-state index in [0.29, 0.717) is 19.0 Å². The number of aryl methyl sites for hydroxylation is 1. The van der Waals surface area contributed by atoms with Gasteiger partial charge in [0.05, 0.1) is 0 Å². The lowest BCUT2D eigenvalue weighted by atomic mass is 10.1. The number of fused-ring (bicyclic) bond motifs is 1. The first kappa shape index (κ1) is 12.1. The molecule has 3 nitrogen and oxygen atoms in total. The highest BCUT2D eigenvalue weighted by Crippen LogP contribution is 2.35. The minimum atomic E-state index is -0.513. The number of ether oxygens (including phenoxy) is 2. The fourth-order valence-corrected chi connectivity index (χ4v) is 2.11. The van der Waals surface area contributed by atoms with Crippen LogP contribution in [0.3, 0.4) is 0 Å². The second-order valence-corrected chi connectivity index (χ2v) is 4.80. The average molecular weight is 256 g/mol. The van der Waals surface area contributed by atoms with Crippen LogP contribution in [0.25, 0.3) is 0 Å². The van der Waals surface area contributed by atoms with E-state index in [2.05, 4.69) is 31.2 Å². The van der Waals surface area contributed by atoms with Crippen LogP contribution in [0.15, 0.2) is 42.5 Å². The molecule has 0 aliphatic carbocycles. The summed E-state index contributed by atoms with van der Waals surface area (Å²) in [6.45, 7) is 2.92. The molecule has 0 bridgehead atoms. The van der Waals surface area contributed by atoms with Gasteiger partial charge in [0.1, 0.15) is 30.8 Å². The Hall–Kier alpha value is -2.00. The van der Waals surface area contributed by atoms with Gasteiger partial charge >= 0.3 is 0 Å². The standard InChI is InChI=1S/C16H16O3/c1-11-2-4-12(5-3-11)9-18-13-6-7-14-15(17)10-19-16(14)8-13/h2-8,15,17H,9-10H2,1H3. The summed E-state index contributed by atoms with van der Waals surface area (Å²) in [6.07, 6.45) is -0.513. The van der Waals surface area contributed by atoms with Gasteiger partial charge in [-0.05, 0) is 24.6 Å². The normalized spacial score (nSPS) is 16.8. The first-order valence-corrected chi connectivity index (χ1v) is 6.35. The van der Waals surface area contributed by atoms with E-state index in [-0.39, 0.29) is 0 Å². The predicted octanol–water partition coefficient (Wildman–Crippen LogP) is 3.00. The zero-order valence-corrected chi connectivity index (χ0v) is 10.8. The van der Waals surface area contributed by atoms with Gasteiger partial charge in [-0.25, -0.2) is 0 Å². The van der Waals surface area contributed by atoms with Crippen molar-refractivity contribution in [3.63, 3.8) is 0 Å². The quantitative estimate of drug-likeness (QED) is 0.917. The van der Waals surface area contributed by atoms with Crippen LogP contribution in [-0.2, 0) is 6.61 Å². The smallest absolute Gasteiger partial charge is 0.129 e. The molecule has 0 saturated carbocycles. The second kappa shape index (κ2) is 4.94. The maximum Gasteiger partial charge on any atom is 0.129 e. The van der Waals surface area contributed by atoms with E-state index in [9.17, 15) is 5.11 Å². The number of hydrogen-bond donors (Lipinski definition) is 1. The number of aliphatic hydroxyl groups excluding tert-OH is 1.